The number of halogens is 3. The maximum absolute atomic E-state index is 11.6. The van der Waals surface area contributed by atoms with Crippen LogP contribution in [-0.2, 0) is 39.9 Å². The number of aromatic carboxylic acids is 2. The Morgan fingerprint density at radius 2 is 1.29 bits per heavy atom. The number of aromatic nitrogens is 2. The molecule has 306 valence electrons. The minimum atomic E-state index is -5.45. The van der Waals surface area contributed by atoms with E-state index in [1.54, 1.807) is 24.3 Å². The van der Waals surface area contributed by atoms with Crippen LogP contribution in [0.5, 0.6) is 0 Å². The molecule has 0 saturated carbocycles. The fraction of sp³-hybridized carbons (Fsp3) is 0.441. The molecule has 4 rings (SSSR count). The Hall–Kier alpha value is -2.28. The normalized spacial score (nSPS) is 16.3. The summed E-state index contributed by atoms with van der Waals surface area (Å²) in [6, 6.07) is 16.8. The van der Waals surface area contributed by atoms with Crippen molar-refractivity contribution in [1.29, 1.82) is 5.26 Å². The summed E-state index contributed by atoms with van der Waals surface area (Å²) in [7, 11) is -5.45. The Morgan fingerprint density at radius 1 is 0.810 bits per heavy atom. The Bertz CT molecular complexity index is 1830. The molecule has 3 heterocycles. The predicted octanol–water partition coefficient (Wildman–Crippen LogP) is -6.23. The smallest absolute Gasteiger partial charge is 0.543 e. The van der Waals surface area contributed by atoms with Crippen molar-refractivity contribution >= 4 is 33.8 Å². The molecule has 3 aromatic rings. The zero-order valence-corrected chi connectivity index (χ0v) is 37.6. The molecule has 1 unspecified atom stereocenters. The van der Waals surface area contributed by atoms with E-state index in [0.29, 0.717) is 97.0 Å². The number of thiocyanates is 1. The minimum absolute atomic E-state index is 0. The van der Waals surface area contributed by atoms with Crippen LogP contribution in [-0.4, -0.2) is 125 Å². The summed E-state index contributed by atoms with van der Waals surface area (Å²) in [6.07, 6.45) is 0. The standard InChI is InChI=1S/C33H39N5O8S.CH3F3NO3S.2Na/c34-24-47-27-9-7-25(8-10-27)31(28-4-2-6-30(36-28)33(41)42)38-13-17-45-21-19-43-15-11-37(12-16-44-20-22-46-18-14-38)23-26-3-1-5-29(35-26)32(39)40;2-1(3,4)9(6,7)8-5;;/h1-10,31H,11-23H2,(H,39,40)(H,41,42);5H3;;/q;3*+1/p-2. The first kappa shape index (κ1) is 53.7. The van der Waals surface area contributed by atoms with Crippen molar-refractivity contribution in [2.45, 2.75) is 23.0 Å². The van der Waals surface area contributed by atoms with E-state index in [2.05, 4.69) is 35.3 Å². The van der Waals surface area contributed by atoms with Gasteiger partial charge in [0.25, 0.3) is 0 Å². The van der Waals surface area contributed by atoms with Crippen molar-refractivity contribution in [3.8, 4) is 5.40 Å². The van der Waals surface area contributed by atoms with Crippen LogP contribution < -0.4 is 75.2 Å². The molecule has 1 aliphatic rings. The van der Waals surface area contributed by atoms with Gasteiger partial charge in [0.2, 0.25) is 0 Å². The number of pyridine rings is 2. The number of hydrogen-bond donors (Lipinski definition) is 1. The molecule has 1 atom stereocenters. The fourth-order valence-electron chi connectivity index (χ4n) is 5.07. The summed E-state index contributed by atoms with van der Waals surface area (Å²) in [5, 5.41) is 34.0. The molecule has 1 fully saturated rings. The molecular formula is C34H40F3N6Na2O11S2+. The second kappa shape index (κ2) is 28.3. The van der Waals surface area contributed by atoms with E-state index >= 15 is 0 Å². The first-order valence-corrected chi connectivity index (χ1v) is 19.0. The van der Waals surface area contributed by atoms with E-state index < -0.39 is 33.6 Å². The first-order valence-electron chi connectivity index (χ1n) is 16.8. The summed E-state index contributed by atoms with van der Waals surface area (Å²) in [5.41, 5.74) is -3.61. The largest absolute Gasteiger partial charge is 1.00 e. The molecule has 3 N–H and O–H groups in total. The van der Waals surface area contributed by atoms with E-state index in [9.17, 15) is 41.4 Å². The Labute approximate surface area is 382 Å². The molecule has 17 nitrogen and oxygen atoms in total. The van der Waals surface area contributed by atoms with Gasteiger partial charge in [0, 0.05) is 37.6 Å². The molecule has 24 heteroatoms. The number of carboxylic acid groups (broad SMARTS) is 2. The number of nitriles is 1. The van der Waals surface area contributed by atoms with Gasteiger partial charge in [-0.25, -0.2) is 4.98 Å². The van der Waals surface area contributed by atoms with E-state index in [-0.39, 0.29) is 70.5 Å². The molecule has 0 aliphatic carbocycles. The molecule has 1 aromatic carbocycles. The third-order valence-electron chi connectivity index (χ3n) is 7.72. The van der Waals surface area contributed by atoms with Crippen molar-refractivity contribution in [3.63, 3.8) is 0 Å². The van der Waals surface area contributed by atoms with Crippen LogP contribution in [0, 0.1) is 10.7 Å². The monoisotopic (exact) mass is 875 g/mol. The molecule has 0 spiro atoms. The van der Waals surface area contributed by atoms with Gasteiger partial charge >= 0.3 is 74.7 Å². The summed E-state index contributed by atoms with van der Waals surface area (Å²) in [6.45, 7) is 5.66. The van der Waals surface area contributed by atoms with Crippen LogP contribution in [0.25, 0.3) is 0 Å². The molecule has 0 radical (unpaired) electrons. The van der Waals surface area contributed by atoms with Crippen molar-refractivity contribution in [2.24, 2.45) is 0 Å². The maximum Gasteiger partial charge on any atom is 1.00 e. The van der Waals surface area contributed by atoms with Gasteiger partial charge < -0.3 is 38.7 Å². The maximum atomic E-state index is 11.6. The second-order valence-corrected chi connectivity index (χ2v) is 13.9. The van der Waals surface area contributed by atoms with E-state index in [1.165, 1.54) is 12.1 Å². The predicted molar refractivity (Wildman–Crippen MR) is 186 cm³/mol. The van der Waals surface area contributed by atoms with Gasteiger partial charge in [-0.3, -0.25) is 14.8 Å². The average molecular weight is 876 g/mol. The number of hydrogen-bond acceptors (Lipinski definition) is 17. The third kappa shape index (κ3) is 19.0. The average Bonchev–Trinajstić information content (AvgIpc) is 3.17. The van der Waals surface area contributed by atoms with Crippen LogP contribution in [0.3, 0.4) is 0 Å². The number of alkyl halides is 3. The van der Waals surface area contributed by atoms with Crippen LogP contribution in [0.4, 0.5) is 13.2 Å². The molecule has 2 aromatic heterocycles. The topological polar surface area (TPSA) is 244 Å². The molecule has 1 saturated heterocycles. The molecule has 58 heavy (non-hydrogen) atoms. The van der Waals surface area contributed by atoms with Crippen molar-refractivity contribution in [2.75, 3.05) is 79.0 Å². The zero-order valence-electron chi connectivity index (χ0n) is 31.9. The van der Waals surface area contributed by atoms with Crippen molar-refractivity contribution < 1.29 is 130 Å². The second-order valence-electron chi connectivity index (χ2n) is 11.5. The Morgan fingerprint density at radius 3 is 1.74 bits per heavy atom. The number of thioether (sulfide) groups is 1. The quantitative estimate of drug-likeness (QED) is 0.0691. The number of carboxylic acids is 2. The van der Waals surface area contributed by atoms with E-state index in [0.717, 1.165) is 22.2 Å². The number of nitrogens with zero attached hydrogens (tertiary/aromatic N) is 5. The summed E-state index contributed by atoms with van der Waals surface area (Å²) >= 11 is 1.06. The van der Waals surface area contributed by atoms with Gasteiger partial charge in [-0.2, -0.15) is 32.7 Å². The number of rotatable bonds is 9. The molecule has 1 aliphatic heterocycles. The number of benzene rings is 1. The van der Waals surface area contributed by atoms with Gasteiger partial charge in [-0.15, -0.1) is 0 Å². The van der Waals surface area contributed by atoms with Crippen LogP contribution in [0.15, 0.2) is 65.6 Å². The fourth-order valence-corrected chi connectivity index (χ4v) is 5.58. The molecular weight excluding hydrogens is 836 g/mol. The van der Waals surface area contributed by atoms with Crippen molar-refractivity contribution in [3.05, 3.63) is 89.0 Å². The summed E-state index contributed by atoms with van der Waals surface area (Å²) in [4.78, 5) is 36.4. The summed E-state index contributed by atoms with van der Waals surface area (Å²) in [5.74, 6) is -0.559. The van der Waals surface area contributed by atoms with Gasteiger partial charge in [0.1, 0.15) is 5.40 Å². The van der Waals surface area contributed by atoms with Crippen LogP contribution in [0.2, 0.25) is 0 Å². The number of quaternary nitrogens is 1. The van der Waals surface area contributed by atoms with Gasteiger partial charge in [0.05, 0.1) is 93.6 Å². The van der Waals surface area contributed by atoms with E-state index in [4.69, 9.17) is 24.2 Å². The first-order chi connectivity index (χ1) is 26.8. The Kier molecular flexibility index (Phi) is 26.2. The number of carbonyl (C=O) groups is 2. The van der Waals surface area contributed by atoms with Gasteiger partial charge in [-0.05, 0) is 53.7 Å². The zero-order chi connectivity index (χ0) is 41.0. The third-order valence-corrected chi connectivity index (χ3v) is 9.19. The van der Waals surface area contributed by atoms with Gasteiger partial charge in [-0.1, -0.05) is 28.5 Å². The summed E-state index contributed by atoms with van der Waals surface area (Å²) < 4.78 is 78.9. The van der Waals surface area contributed by atoms with Crippen LogP contribution in [0.1, 0.15) is 44.0 Å². The Balaban J connectivity index is 0.00000137. The SMILES string of the molecule is N#CSc1ccc(C(c2cccc(C(=O)[O-])n2)N2CCOCCOCCN(Cc3cccc(C(=O)[O-])n3)CCOCCOCC2)cc1.[NH3+]OS(=O)(=O)C(F)(F)F.[Na+].[Na+]. The van der Waals surface area contributed by atoms with Crippen molar-refractivity contribution in [1.82, 2.24) is 19.8 Å². The van der Waals surface area contributed by atoms with E-state index in [1.807, 2.05) is 24.3 Å². The van der Waals surface area contributed by atoms with Gasteiger partial charge in [0.15, 0.2) is 0 Å². The molecule has 0 bridgehead atoms. The minimum Gasteiger partial charge on any atom is -0.543 e. The van der Waals surface area contributed by atoms with Crippen LogP contribution >= 0.6 is 11.8 Å². The molecule has 0 amide bonds. The number of carbonyl (C=O) groups excluding carboxylic acids is 2. The number of ether oxygens (including phenoxy) is 4.